The summed E-state index contributed by atoms with van der Waals surface area (Å²) >= 11 is 0. The van der Waals surface area contributed by atoms with Crippen molar-refractivity contribution in [1.29, 1.82) is 0 Å². The zero-order chi connectivity index (χ0) is 13.1. The molecule has 0 fully saturated rings. The molecule has 2 rings (SSSR count). The van der Waals surface area contributed by atoms with E-state index in [-0.39, 0.29) is 0 Å². The molecule has 2 heteroatoms. The SMILES string of the molecule is Cc1cc(N)cc(Oc2ccc(C(C)C)cc2)c1. The van der Waals surface area contributed by atoms with E-state index in [4.69, 9.17) is 10.5 Å². The van der Waals surface area contributed by atoms with Gasteiger partial charge in [-0.3, -0.25) is 0 Å². The molecule has 94 valence electrons. The molecule has 0 radical (unpaired) electrons. The van der Waals surface area contributed by atoms with Crippen LogP contribution in [0, 0.1) is 6.92 Å². The van der Waals surface area contributed by atoms with Crippen LogP contribution in [0.3, 0.4) is 0 Å². The average molecular weight is 241 g/mol. The summed E-state index contributed by atoms with van der Waals surface area (Å²) in [6.45, 7) is 6.36. The Kier molecular flexibility index (Phi) is 3.56. The summed E-state index contributed by atoms with van der Waals surface area (Å²) in [5, 5.41) is 0. The first kappa shape index (κ1) is 12.5. The Morgan fingerprint density at radius 3 is 2.17 bits per heavy atom. The molecule has 0 aliphatic rings. The van der Waals surface area contributed by atoms with E-state index in [1.165, 1.54) is 5.56 Å². The standard InChI is InChI=1S/C16H19NO/c1-11(2)13-4-6-15(7-5-13)18-16-9-12(3)8-14(17)10-16/h4-11H,17H2,1-3H3. The van der Waals surface area contributed by atoms with Gasteiger partial charge in [-0.1, -0.05) is 26.0 Å². The van der Waals surface area contributed by atoms with Crippen LogP contribution in [0.15, 0.2) is 42.5 Å². The van der Waals surface area contributed by atoms with Gasteiger partial charge in [0.15, 0.2) is 0 Å². The Morgan fingerprint density at radius 1 is 0.944 bits per heavy atom. The van der Waals surface area contributed by atoms with Crippen LogP contribution in [0.2, 0.25) is 0 Å². The van der Waals surface area contributed by atoms with Gasteiger partial charge in [-0.2, -0.15) is 0 Å². The molecule has 0 bridgehead atoms. The molecule has 0 saturated carbocycles. The van der Waals surface area contributed by atoms with E-state index < -0.39 is 0 Å². The molecule has 0 aliphatic carbocycles. The van der Waals surface area contributed by atoms with Crippen LogP contribution in [0.5, 0.6) is 11.5 Å². The lowest BCUT2D eigenvalue weighted by Gasteiger charge is -2.09. The fourth-order valence-corrected chi connectivity index (χ4v) is 1.89. The Morgan fingerprint density at radius 2 is 1.61 bits per heavy atom. The topological polar surface area (TPSA) is 35.2 Å². The summed E-state index contributed by atoms with van der Waals surface area (Å²) in [6.07, 6.45) is 0. The number of nitrogens with two attached hydrogens (primary N) is 1. The van der Waals surface area contributed by atoms with Gasteiger partial charge in [0.2, 0.25) is 0 Å². The van der Waals surface area contributed by atoms with Crippen molar-refractivity contribution in [3.05, 3.63) is 53.6 Å². The number of aryl methyl sites for hydroxylation is 1. The lowest BCUT2D eigenvalue weighted by molar-refractivity contribution is 0.482. The van der Waals surface area contributed by atoms with Crippen molar-refractivity contribution in [1.82, 2.24) is 0 Å². The number of nitrogen functional groups attached to an aromatic ring is 1. The fourth-order valence-electron chi connectivity index (χ4n) is 1.89. The third kappa shape index (κ3) is 3.04. The molecule has 0 aliphatic heterocycles. The van der Waals surface area contributed by atoms with Gasteiger partial charge in [0.05, 0.1) is 0 Å². The summed E-state index contributed by atoms with van der Waals surface area (Å²) in [7, 11) is 0. The highest BCUT2D eigenvalue weighted by Gasteiger charge is 2.02. The first-order valence-electron chi connectivity index (χ1n) is 6.19. The predicted octanol–water partition coefficient (Wildman–Crippen LogP) is 4.49. The van der Waals surface area contributed by atoms with Crippen LogP contribution in [-0.2, 0) is 0 Å². The molecule has 0 amide bonds. The molecular weight excluding hydrogens is 222 g/mol. The Labute approximate surface area is 108 Å². The second-order valence-electron chi connectivity index (χ2n) is 4.91. The molecule has 2 aromatic rings. The third-order valence-corrected chi connectivity index (χ3v) is 2.86. The van der Waals surface area contributed by atoms with Gasteiger partial charge in [-0.15, -0.1) is 0 Å². The zero-order valence-corrected chi connectivity index (χ0v) is 11.1. The lowest BCUT2D eigenvalue weighted by atomic mass is 10.0. The minimum atomic E-state index is 0.536. The van der Waals surface area contributed by atoms with E-state index in [9.17, 15) is 0 Å². The highest BCUT2D eigenvalue weighted by molar-refractivity contribution is 5.48. The molecule has 0 saturated heterocycles. The molecule has 0 heterocycles. The Bertz CT molecular complexity index is 509. The van der Waals surface area contributed by atoms with E-state index in [0.29, 0.717) is 5.92 Å². The van der Waals surface area contributed by atoms with Crippen molar-refractivity contribution in [2.24, 2.45) is 0 Å². The van der Waals surface area contributed by atoms with Crippen molar-refractivity contribution in [2.45, 2.75) is 26.7 Å². The number of ether oxygens (including phenoxy) is 1. The van der Waals surface area contributed by atoms with Crippen LogP contribution < -0.4 is 10.5 Å². The summed E-state index contributed by atoms with van der Waals surface area (Å²) < 4.78 is 5.79. The van der Waals surface area contributed by atoms with Gasteiger partial charge >= 0.3 is 0 Å². The van der Waals surface area contributed by atoms with E-state index in [0.717, 1.165) is 22.7 Å². The summed E-state index contributed by atoms with van der Waals surface area (Å²) in [6, 6.07) is 13.9. The number of hydrogen-bond donors (Lipinski definition) is 1. The number of rotatable bonds is 3. The zero-order valence-electron chi connectivity index (χ0n) is 11.1. The minimum Gasteiger partial charge on any atom is -0.457 e. The van der Waals surface area contributed by atoms with E-state index in [1.54, 1.807) is 0 Å². The van der Waals surface area contributed by atoms with Crippen molar-refractivity contribution in [3.63, 3.8) is 0 Å². The fraction of sp³-hybridized carbons (Fsp3) is 0.250. The van der Waals surface area contributed by atoms with Crippen molar-refractivity contribution in [3.8, 4) is 11.5 Å². The highest BCUT2D eigenvalue weighted by Crippen LogP contribution is 2.26. The molecule has 2 nitrogen and oxygen atoms in total. The number of hydrogen-bond acceptors (Lipinski definition) is 2. The molecular formula is C16H19NO. The predicted molar refractivity (Wildman–Crippen MR) is 76.2 cm³/mol. The summed E-state index contributed by atoms with van der Waals surface area (Å²) in [5.41, 5.74) is 8.93. The van der Waals surface area contributed by atoms with Crippen molar-refractivity contribution >= 4 is 5.69 Å². The number of benzene rings is 2. The van der Waals surface area contributed by atoms with Crippen LogP contribution in [0.25, 0.3) is 0 Å². The summed E-state index contributed by atoms with van der Waals surface area (Å²) in [5.74, 6) is 2.16. The average Bonchev–Trinajstić information content (AvgIpc) is 2.28. The molecule has 0 aromatic heterocycles. The largest absolute Gasteiger partial charge is 0.457 e. The number of anilines is 1. The van der Waals surface area contributed by atoms with Crippen LogP contribution in [-0.4, -0.2) is 0 Å². The van der Waals surface area contributed by atoms with Gasteiger partial charge in [-0.25, -0.2) is 0 Å². The smallest absolute Gasteiger partial charge is 0.129 e. The first-order chi connectivity index (χ1) is 8.54. The van der Waals surface area contributed by atoms with Crippen molar-refractivity contribution < 1.29 is 4.74 Å². The van der Waals surface area contributed by atoms with E-state index >= 15 is 0 Å². The monoisotopic (exact) mass is 241 g/mol. The summed E-state index contributed by atoms with van der Waals surface area (Å²) in [4.78, 5) is 0. The molecule has 0 atom stereocenters. The van der Waals surface area contributed by atoms with Gasteiger partial charge in [0.1, 0.15) is 11.5 Å². The van der Waals surface area contributed by atoms with Gasteiger partial charge in [-0.05, 0) is 48.2 Å². The first-order valence-corrected chi connectivity index (χ1v) is 6.19. The maximum atomic E-state index is 5.80. The molecule has 0 spiro atoms. The van der Waals surface area contributed by atoms with Crippen LogP contribution in [0.4, 0.5) is 5.69 Å². The van der Waals surface area contributed by atoms with Crippen molar-refractivity contribution in [2.75, 3.05) is 5.73 Å². The van der Waals surface area contributed by atoms with E-state index in [1.807, 2.05) is 37.3 Å². The molecule has 18 heavy (non-hydrogen) atoms. The van der Waals surface area contributed by atoms with Crippen LogP contribution in [0.1, 0.15) is 30.9 Å². The van der Waals surface area contributed by atoms with Crippen LogP contribution >= 0.6 is 0 Å². The van der Waals surface area contributed by atoms with Gasteiger partial charge < -0.3 is 10.5 Å². The molecule has 2 aromatic carbocycles. The second-order valence-corrected chi connectivity index (χ2v) is 4.91. The maximum absolute atomic E-state index is 5.80. The second kappa shape index (κ2) is 5.13. The highest BCUT2D eigenvalue weighted by atomic mass is 16.5. The Balaban J connectivity index is 2.18. The van der Waals surface area contributed by atoms with E-state index in [2.05, 4.69) is 26.0 Å². The minimum absolute atomic E-state index is 0.536. The Hall–Kier alpha value is -1.96. The maximum Gasteiger partial charge on any atom is 0.129 e. The third-order valence-electron chi connectivity index (χ3n) is 2.86. The molecule has 2 N–H and O–H groups in total. The molecule has 0 unspecified atom stereocenters. The normalized spacial score (nSPS) is 10.7. The van der Waals surface area contributed by atoms with Gasteiger partial charge in [0.25, 0.3) is 0 Å². The van der Waals surface area contributed by atoms with Gasteiger partial charge in [0, 0.05) is 11.8 Å². The lowest BCUT2D eigenvalue weighted by Crippen LogP contribution is -1.91. The quantitative estimate of drug-likeness (QED) is 0.803.